The molecule has 0 spiro atoms. The van der Waals surface area contributed by atoms with Gasteiger partial charge in [-0.25, -0.2) is 8.42 Å². The average Bonchev–Trinajstić information content (AvgIpc) is 3.55. The van der Waals surface area contributed by atoms with Gasteiger partial charge in [-0.15, -0.1) is 0 Å². The monoisotopic (exact) mass is 457 g/mol. The Morgan fingerprint density at radius 1 is 1.06 bits per heavy atom. The van der Waals surface area contributed by atoms with E-state index in [4.69, 9.17) is 4.42 Å². The Bertz CT molecular complexity index is 1120. The summed E-state index contributed by atoms with van der Waals surface area (Å²) >= 11 is 0. The van der Waals surface area contributed by atoms with Crippen LogP contribution in [0.1, 0.15) is 29.7 Å². The number of piperazine rings is 1. The van der Waals surface area contributed by atoms with Crippen molar-refractivity contribution in [1.29, 1.82) is 0 Å². The second kappa shape index (κ2) is 8.37. The molecule has 2 aromatic rings. The molecule has 0 bridgehead atoms. The molecule has 3 heterocycles. The fourth-order valence-electron chi connectivity index (χ4n) is 4.95. The zero-order valence-corrected chi connectivity index (χ0v) is 18.7. The molecule has 3 aliphatic rings. The molecular weight excluding hydrogens is 430 g/mol. The molecule has 2 aliphatic heterocycles. The molecular formula is C23H27N3O5S. The maximum Gasteiger partial charge on any atom is 0.243 e. The number of likely N-dealkylation sites (tertiary alicyclic amines) is 1. The van der Waals surface area contributed by atoms with Crippen molar-refractivity contribution >= 4 is 21.8 Å². The number of amides is 2. The lowest BCUT2D eigenvalue weighted by Crippen LogP contribution is -2.52. The van der Waals surface area contributed by atoms with E-state index in [9.17, 15) is 18.0 Å². The van der Waals surface area contributed by atoms with E-state index in [1.54, 1.807) is 28.2 Å². The van der Waals surface area contributed by atoms with E-state index in [1.807, 2.05) is 18.2 Å². The van der Waals surface area contributed by atoms with Crippen LogP contribution in [0.25, 0.3) is 0 Å². The van der Waals surface area contributed by atoms with Crippen LogP contribution < -0.4 is 0 Å². The molecule has 2 fully saturated rings. The predicted octanol–water partition coefficient (Wildman–Crippen LogP) is 1.65. The molecule has 2 amide bonds. The summed E-state index contributed by atoms with van der Waals surface area (Å²) in [5.41, 5.74) is 2.37. The maximum absolute atomic E-state index is 13.1. The molecule has 9 heteroatoms. The van der Waals surface area contributed by atoms with E-state index in [0.29, 0.717) is 36.8 Å². The van der Waals surface area contributed by atoms with Gasteiger partial charge in [-0.2, -0.15) is 4.31 Å². The Morgan fingerprint density at radius 2 is 1.84 bits per heavy atom. The van der Waals surface area contributed by atoms with Crippen molar-refractivity contribution in [3.05, 3.63) is 53.5 Å². The minimum absolute atomic E-state index is 0.0578. The fraction of sp³-hybridized carbons (Fsp3) is 0.478. The first kappa shape index (κ1) is 21.2. The van der Waals surface area contributed by atoms with Crippen LogP contribution in [-0.4, -0.2) is 67.1 Å². The zero-order valence-electron chi connectivity index (χ0n) is 17.9. The normalized spacial score (nSPS) is 21.9. The molecule has 0 saturated carbocycles. The molecule has 0 radical (unpaired) electrons. The van der Waals surface area contributed by atoms with Crippen molar-refractivity contribution in [3.63, 3.8) is 0 Å². The van der Waals surface area contributed by atoms with E-state index in [2.05, 4.69) is 0 Å². The molecule has 1 atom stereocenters. The summed E-state index contributed by atoms with van der Waals surface area (Å²) in [5.74, 6) is 0.168. The van der Waals surface area contributed by atoms with Gasteiger partial charge in [-0.3, -0.25) is 9.59 Å². The van der Waals surface area contributed by atoms with Gasteiger partial charge >= 0.3 is 0 Å². The van der Waals surface area contributed by atoms with Crippen LogP contribution in [0.2, 0.25) is 0 Å². The highest BCUT2D eigenvalue weighted by Crippen LogP contribution is 2.27. The summed E-state index contributed by atoms with van der Waals surface area (Å²) in [6.45, 7) is 1.94. The van der Waals surface area contributed by atoms with Gasteiger partial charge in [0.1, 0.15) is 5.76 Å². The van der Waals surface area contributed by atoms with E-state index in [1.165, 1.54) is 9.87 Å². The Kier molecular flexibility index (Phi) is 5.54. The molecule has 1 aromatic heterocycles. The van der Waals surface area contributed by atoms with Gasteiger partial charge in [-0.05, 0) is 54.7 Å². The van der Waals surface area contributed by atoms with Gasteiger partial charge in [0.25, 0.3) is 0 Å². The quantitative estimate of drug-likeness (QED) is 0.681. The molecule has 5 rings (SSSR count). The molecule has 2 saturated heterocycles. The van der Waals surface area contributed by atoms with Crippen LogP contribution >= 0.6 is 0 Å². The lowest BCUT2D eigenvalue weighted by molar-refractivity contribution is -0.137. The van der Waals surface area contributed by atoms with E-state index < -0.39 is 15.9 Å². The van der Waals surface area contributed by atoms with Crippen LogP contribution in [0.3, 0.4) is 0 Å². The number of nitrogens with zero attached hydrogens (tertiary/aromatic N) is 3. The average molecular weight is 458 g/mol. The first-order valence-corrected chi connectivity index (χ1v) is 12.6. The summed E-state index contributed by atoms with van der Waals surface area (Å²) in [6.07, 6.45) is 4.77. The molecule has 0 N–H and O–H groups in total. The second-order valence-corrected chi connectivity index (χ2v) is 10.7. The van der Waals surface area contributed by atoms with Gasteiger partial charge in [0.2, 0.25) is 21.8 Å². The molecule has 32 heavy (non-hydrogen) atoms. The van der Waals surface area contributed by atoms with Crippen LogP contribution in [0.5, 0.6) is 0 Å². The molecule has 1 aliphatic carbocycles. The summed E-state index contributed by atoms with van der Waals surface area (Å²) in [4.78, 5) is 29.0. The van der Waals surface area contributed by atoms with E-state index in [-0.39, 0.29) is 31.3 Å². The van der Waals surface area contributed by atoms with Crippen LogP contribution in [0.4, 0.5) is 0 Å². The number of fused-ring (bicyclic) bond motifs is 1. The minimum atomic E-state index is -3.58. The summed E-state index contributed by atoms with van der Waals surface area (Å²) in [6, 6.07) is 9.03. The highest BCUT2D eigenvalue weighted by atomic mass is 32.2. The number of furan rings is 1. The minimum Gasteiger partial charge on any atom is -0.467 e. The van der Waals surface area contributed by atoms with Gasteiger partial charge in [0, 0.05) is 39.1 Å². The van der Waals surface area contributed by atoms with Crippen LogP contribution in [0, 0.1) is 5.92 Å². The third-order valence-electron chi connectivity index (χ3n) is 6.75. The summed E-state index contributed by atoms with van der Waals surface area (Å²) in [7, 11) is -3.58. The van der Waals surface area contributed by atoms with Crippen molar-refractivity contribution in [1.82, 2.24) is 14.1 Å². The van der Waals surface area contributed by atoms with E-state index >= 15 is 0 Å². The predicted molar refractivity (Wildman–Crippen MR) is 116 cm³/mol. The van der Waals surface area contributed by atoms with Crippen molar-refractivity contribution in [2.24, 2.45) is 5.92 Å². The van der Waals surface area contributed by atoms with Crippen LogP contribution in [0.15, 0.2) is 45.9 Å². The SMILES string of the molecule is O=C1C[C@H](C(=O)N2CCN(S(=O)(=O)c3ccc4c(c3)CCC4)CC2)CN1Cc1ccco1. The maximum atomic E-state index is 13.1. The van der Waals surface area contributed by atoms with Gasteiger partial charge < -0.3 is 14.2 Å². The first-order chi connectivity index (χ1) is 15.4. The molecule has 1 aromatic carbocycles. The van der Waals surface area contributed by atoms with Gasteiger partial charge in [0.05, 0.1) is 23.6 Å². The number of hydrogen-bond donors (Lipinski definition) is 0. The molecule has 170 valence electrons. The summed E-state index contributed by atoms with van der Waals surface area (Å²) in [5, 5.41) is 0. The van der Waals surface area contributed by atoms with Crippen molar-refractivity contribution in [2.75, 3.05) is 32.7 Å². The van der Waals surface area contributed by atoms with Crippen molar-refractivity contribution in [3.8, 4) is 0 Å². The second-order valence-electron chi connectivity index (χ2n) is 8.77. The van der Waals surface area contributed by atoms with Crippen molar-refractivity contribution in [2.45, 2.75) is 37.1 Å². The third-order valence-corrected chi connectivity index (χ3v) is 8.64. The Balaban J connectivity index is 1.19. The third kappa shape index (κ3) is 3.95. The van der Waals surface area contributed by atoms with Crippen molar-refractivity contribution < 1.29 is 22.4 Å². The fourth-order valence-corrected chi connectivity index (χ4v) is 6.42. The van der Waals surface area contributed by atoms with Gasteiger partial charge in [0.15, 0.2) is 0 Å². The summed E-state index contributed by atoms with van der Waals surface area (Å²) < 4.78 is 33.0. The largest absolute Gasteiger partial charge is 0.467 e. The number of aryl methyl sites for hydroxylation is 2. The Hall–Kier alpha value is -2.65. The Morgan fingerprint density at radius 3 is 2.59 bits per heavy atom. The number of carbonyl (C=O) groups excluding carboxylic acids is 2. The number of hydrogen-bond acceptors (Lipinski definition) is 5. The lowest BCUT2D eigenvalue weighted by Gasteiger charge is -2.35. The number of sulfonamides is 1. The molecule has 8 nitrogen and oxygen atoms in total. The topological polar surface area (TPSA) is 91.1 Å². The smallest absolute Gasteiger partial charge is 0.243 e. The van der Waals surface area contributed by atoms with E-state index in [0.717, 1.165) is 24.8 Å². The highest BCUT2D eigenvalue weighted by molar-refractivity contribution is 7.89. The lowest BCUT2D eigenvalue weighted by atomic mass is 10.1. The Labute approximate surface area is 187 Å². The number of carbonyl (C=O) groups is 2. The molecule has 0 unspecified atom stereocenters. The highest BCUT2D eigenvalue weighted by Gasteiger charge is 2.38. The number of rotatable bonds is 5. The number of benzene rings is 1. The standard InChI is InChI=1S/C23H27N3O5S/c27-22-14-19(15-25(22)16-20-5-2-12-31-20)23(28)24-8-10-26(11-9-24)32(29,30)21-7-6-17-3-1-4-18(17)13-21/h2,5-7,12-13,19H,1,3-4,8-11,14-16H2/t19-/m0/s1. The van der Waals surface area contributed by atoms with Crippen LogP contribution in [-0.2, 0) is 39.0 Å². The van der Waals surface area contributed by atoms with Gasteiger partial charge in [-0.1, -0.05) is 6.07 Å². The first-order valence-electron chi connectivity index (χ1n) is 11.1. The zero-order chi connectivity index (χ0) is 22.3.